The van der Waals surface area contributed by atoms with Crippen molar-refractivity contribution in [3.05, 3.63) is 0 Å². The molecule has 0 saturated heterocycles. The maximum Gasteiger partial charge on any atom is 0.248 e. The number of nitrogens with zero attached hydrogens (tertiary/aromatic N) is 2. The molecule has 2 aliphatic heterocycles. The summed E-state index contributed by atoms with van der Waals surface area (Å²) in [4.78, 5) is 32.8. The normalized spacial score (nSPS) is 23.3. The van der Waals surface area contributed by atoms with E-state index in [0.29, 0.717) is 11.8 Å². The van der Waals surface area contributed by atoms with E-state index in [4.69, 9.17) is 9.47 Å². The van der Waals surface area contributed by atoms with Gasteiger partial charge >= 0.3 is 0 Å². The van der Waals surface area contributed by atoms with Gasteiger partial charge in [-0.3, -0.25) is 9.59 Å². The van der Waals surface area contributed by atoms with E-state index in [-0.39, 0.29) is 42.5 Å². The van der Waals surface area contributed by atoms with Gasteiger partial charge in [-0.15, -0.1) is 0 Å². The first-order valence-electron chi connectivity index (χ1n) is 8.46. The van der Waals surface area contributed by atoms with Gasteiger partial charge in [0.2, 0.25) is 11.8 Å². The average molecular weight is 352 g/mol. The fourth-order valence-corrected chi connectivity index (χ4v) is 2.34. The second-order valence-corrected chi connectivity index (χ2v) is 8.35. The molecule has 8 heteroatoms. The Hall–Kier alpha value is -2.12. The van der Waals surface area contributed by atoms with E-state index in [1.54, 1.807) is 0 Å². The van der Waals surface area contributed by atoms with Crippen LogP contribution in [0.2, 0.25) is 0 Å². The third-order valence-corrected chi connectivity index (χ3v) is 3.32. The second kappa shape index (κ2) is 7.01. The number of carbonyl (C=O) groups is 2. The molecule has 2 N–H and O–H groups in total. The predicted octanol–water partition coefficient (Wildman–Crippen LogP) is 0.801. The highest BCUT2D eigenvalue weighted by molar-refractivity contribution is 6.01. The van der Waals surface area contributed by atoms with Crippen molar-refractivity contribution >= 4 is 23.6 Å². The van der Waals surface area contributed by atoms with Crippen molar-refractivity contribution in [1.82, 2.24) is 10.6 Å². The summed E-state index contributed by atoms with van der Waals surface area (Å²) in [7, 11) is 0. The zero-order valence-corrected chi connectivity index (χ0v) is 15.8. The zero-order chi connectivity index (χ0) is 18.8. The summed E-state index contributed by atoms with van der Waals surface area (Å²) in [6, 6.07) is -1.12. The number of nitrogens with one attached hydrogen (secondary N) is 2. The van der Waals surface area contributed by atoms with Crippen LogP contribution in [0.15, 0.2) is 9.98 Å². The largest absolute Gasteiger partial charge is 0.478 e. The van der Waals surface area contributed by atoms with Crippen molar-refractivity contribution in [2.45, 2.75) is 71.1 Å². The van der Waals surface area contributed by atoms with Crippen LogP contribution in [0.4, 0.5) is 0 Å². The lowest BCUT2D eigenvalue weighted by Gasteiger charge is -2.21. The molecule has 0 fully saturated rings. The fraction of sp³-hybridized carbons (Fsp3) is 0.765. The van der Waals surface area contributed by atoms with Gasteiger partial charge in [0.15, 0.2) is 23.9 Å². The topological polar surface area (TPSA) is 101 Å². The van der Waals surface area contributed by atoms with Gasteiger partial charge in [-0.2, -0.15) is 0 Å². The molecule has 0 bridgehead atoms. The van der Waals surface area contributed by atoms with Crippen molar-refractivity contribution in [1.29, 1.82) is 0 Å². The second-order valence-electron chi connectivity index (χ2n) is 8.35. The van der Waals surface area contributed by atoms with Crippen LogP contribution in [-0.2, 0) is 19.1 Å². The van der Waals surface area contributed by atoms with E-state index in [1.165, 1.54) is 0 Å². The molecular weight excluding hydrogens is 324 g/mol. The molecule has 2 amide bonds. The molecule has 0 spiro atoms. The lowest BCUT2D eigenvalue weighted by atomic mass is 10.1. The minimum Gasteiger partial charge on any atom is -0.478 e. The first-order valence-corrected chi connectivity index (χ1v) is 8.46. The Morgan fingerprint density at radius 3 is 1.56 bits per heavy atom. The van der Waals surface area contributed by atoms with E-state index in [9.17, 15) is 9.59 Å². The van der Waals surface area contributed by atoms with E-state index >= 15 is 0 Å². The van der Waals surface area contributed by atoms with Crippen molar-refractivity contribution in [2.75, 3.05) is 13.2 Å². The molecule has 2 atom stereocenters. The minimum atomic E-state index is -0.559. The summed E-state index contributed by atoms with van der Waals surface area (Å²) in [6.07, 6.45) is 0.249. The Balaban J connectivity index is 1.90. The van der Waals surface area contributed by atoms with Gasteiger partial charge in [0.05, 0.1) is 6.42 Å². The molecule has 0 aliphatic carbocycles. The maximum absolute atomic E-state index is 12.1. The fourth-order valence-electron chi connectivity index (χ4n) is 2.34. The Bertz CT molecular complexity index is 547. The number of hydrogen-bond donors (Lipinski definition) is 2. The molecule has 25 heavy (non-hydrogen) atoms. The van der Waals surface area contributed by atoms with Crippen LogP contribution in [0.5, 0.6) is 0 Å². The standard InChI is InChI=1S/C17H28N4O4/c1-16(2,3)20-14(22)10-8-24-12(18-10)7-13-19-11(9-25-13)15(23)21-17(4,5)6/h10-11H,7-9H2,1-6H3,(H,20,22)(H,21,23)/t10-,11-/m0/s1. The van der Waals surface area contributed by atoms with Crippen molar-refractivity contribution in [2.24, 2.45) is 9.98 Å². The molecule has 2 rings (SSSR count). The molecule has 2 heterocycles. The highest BCUT2D eigenvalue weighted by atomic mass is 16.5. The Labute approximate surface area is 148 Å². The van der Waals surface area contributed by atoms with Crippen molar-refractivity contribution < 1.29 is 19.1 Å². The van der Waals surface area contributed by atoms with E-state index < -0.39 is 12.1 Å². The monoisotopic (exact) mass is 352 g/mol. The first kappa shape index (κ1) is 19.2. The van der Waals surface area contributed by atoms with E-state index in [1.807, 2.05) is 41.5 Å². The Morgan fingerprint density at radius 1 is 0.880 bits per heavy atom. The van der Waals surface area contributed by atoms with Gasteiger partial charge in [0, 0.05) is 11.1 Å². The third-order valence-electron chi connectivity index (χ3n) is 3.32. The van der Waals surface area contributed by atoms with Gasteiger partial charge in [-0.1, -0.05) is 0 Å². The summed E-state index contributed by atoms with van der Waals surface area (Å²) in [6.45, 7) is 11.9. The van der Waals surface area contributed by atoms with Gasteiger partial charge in [0.25, 0.3) is 0 Å². The Kier molecular flexibility index (Phi) is 5.39. The summed E-state index contributed by atoms with van der Waals surface area (Å²) < 4.78 is 10.9. The lowest BCUT2D eigenvalue weighted by Crippen LogP contribution is -2.45. The van der Waals surface area contributed by atoms with Crippen LogP contribution in [0.3, 0.4) is 0 Å². The van der Waals surface area contributed by atoms with Crippen LogP contribution in [0, 0.1) is 0 Å². The van der Waals surface area contributed by atoms with Gasteiger partial charge in [-0.25, -0.2) is 9.98 Å². The van der Waals surface area contributed by atoms with Crippen molar-refractivity contribution in [3.8, 4) is 0 Å². The molecule has 0 aromatic rings. The average Bonchev–Trinajstić information content (AvgIpc) is 3.04. The molecule has 0 saturated carbocycles. The number of ether oxygens (including phenoxy) is 2. The maximum atomic E-state index is 12.1. The third kappa shape index (κ3) is 6.03. The smallest absolute Gasteiger partial charge is 0.248 e. The molecule has 140 valence electrons. The summed E-state index contributed by atoms with van der Waals surface area (Å²) in [5, 5.41) is 5.76. The summed E-state index contributed by atoms with van der Waals surface area (Å²) in [5.41, 5.74) is -0.636. The van der Waals surface area contributed by atoms with Gasteiger partial charge in [0.1, 0.15) is 13.2 Å². The molecule has 0 unspecified atom stereocenters. The molecule has 2 aliphatic rings. The lowest BCUT2D eigenvalue weighted by molar-refractivity contribution is -0.124. The van der Waals surface area contributed by atoms with Crippen LogP contribution in [0.25, 0.3) is 0 Å². The number of rotatable bonds is 4. The molecule has 0 radical (unpaired) electrons. The number of hydrogen-bond acceptors (Lipinski definition) is 6. The molecular formula is C17H28N4O4. The SMILES string of the molecule is CC(C)(C)NC(=O)[C@@H]1COC(CC2=N[C@H](C(=O)NC(C)(C)C)CO2)=N1. The highest BCUT2D eigenvalue weighted by Crippen LogP contribution is 2.14. The molecule has 0 aromatic carbocycles. The molecule has 8 nitrogen and oxygen atoms in total. The number of carbonyl (C=O) groups excluding carboxylic acids is 2. The van der Waals surface area contributed by atoms with E-state index in [0.717, 1.165) is 0 Å². The number of amides is 2. The highest BCUT2D eigenvalue weighted by Gasteiger charge is 2.32. The van der Waals surface area contributed by atoms with Crippen LogP contribution < -0.4 is 10.6 Å². The first-order chi connectivity index (χ1) is 11.4. The van der Waals surface area contributed by atoms with Crippen LogP contribution >= 0.6 is 0 Å². The van der Waals surface area contributed by atoms with Crippen LogP contribution in [-0.4, -0.2) is 60.0 Å². The van der Waals surface area contributed by atoms with Crippen molar-refractivity contribution in [3.63, 3.8) is 0 Å². The quantitative estimate of drug-likeness (QED) is 0.781. The van der Waals surface area contributed by atoms with Crippen LogP contribution in [0.1, 0.15) is 48.0 Å². The Morgan fingerprint density at radius 2 is 1.24 bits per heavy atom. The summed E-state index contributed by atoms with van der Waals surface area (Å²) >= 11 is 0. The van der Waals surface area contributed by atoms with E-state index in [2.05, 4.69) is 20.6 Å². The van der Waals surface area contributed by atoms with Gasteiger partial charge in [-0.05, 0) is 41.5 Å². The number of aliphatic imine (C=N–C) groups is 2. The van der Waals surface area contributed by atoms with Gasteiger partial charge < -0.3 is 20.1 Å². The predicted molar refractivity (Wildman–Crippen MR) is 94.8 cm³/mol. The molecule has 0 aromatic heterocycles. The minimum absolute atomic E-state index is 0.167. The zero-order valence-electron chi connectivity index (χ0n) is 15.8. The summed E-state index contributed by atoms with van der Waals surface area (Å²) in [5.74, 6) is 0.479.